The number of ether oxygens (including phenoxy) is 1. The highest BCUT2D eigenvalue weighted by atomic mass is 127. The molecule has 0 radical (unpaired) electrons. The Bertz CT molecular complexity index is 506. The highest BCUT2D eigenvalue weighted by Gasteiger charge is 2.26. The van der Waals surface area contributed by atoms with Crippen molar-refractivity contribution in [3.8, 4) is 0 Å². The van der Waals surface area contributed by atoms with Crippen LogP contribution in [0.25, 0.3) is 0 Å². The van der Waals surface area contributed by atoms with E-state index < -0.39 is 12.6 Å². The number of nitrogens with zero attached hydrogens (tertiary/aromatic N) is 4. The Morgan fingerprint density at radius 2 is 1.92 bits per heavy atom. The Kier molecular flexibility index (Phi) is 10.9. The summed E-state index contributed by atoms with van der Waals surface area (Å²) in [7, 11) is 3.40. The summed E-state index contributed by atoms with van der Waals surface area (Å²) in [6.45, 7) is 2.90. The number of rotatable bonds is 8. The van der Waals surface area contributed by atoms with Crippen LogP contribution in [0.4, 0.5) is 13.2 Å². The number of aromatic nitrogens is 3. The lowest BCUT2D eigenvalue weighted by Crippen LogP contribution is -2.39. The molecule has 24 heavy (non-hydrogen) atoms. The van der Waals surface area contributed by atoms with E-state index in [9.17, 15) is 13.2 Å². The Morgan fingerprint density at radius 1 is 1.25 bits per heavy atom. The van der Waals surface area contributed by atoms with Gasteiger partial charge in [0.2, 0.25) is 0 Å². The summed E-state index contributed by atoms with van der Waals surface area (Å²) in [5.41, 5.74) is 0. The molecule has 0 aliphatic heterocycles. The van der Waals surface area contributed by atoms with Crippen molar-refractivity contribution < 1.29 is 17.9 Å². The van der Waals surface area contributed by atoms with Gasteiger partial charge in [-0.05, 0) is 13.3 Å². The van der Waals surface area contributed by atoms with Gasteiger partial charge in [0.05, 0.1) is 6.42 Å². The first-order valence-electron chi connectivity index (χ1n) is 7.26. The van der Waals surface area contributed by atoms with E-state index in [1.54, 1.807) is 11.7 Å². The van der Waals surface area contributed by atoms with Gasteiger partial charge in [0.15, 0.2) is 11.8 Å². The second-order valence-corrected chi connectivity index (χ2v) is 4.95. The third-order valence-electron chi connectivity index (χ3n) is 3.08. The predicted molar refractivity (Wildman–Crippen MR) is 95.5 cm³/mol. The van der Waals surface area contributed by atoms with Crippen molar-refractivity contribution in [1.29, 1.82) is 0 Å². The lowest BCUT2D eigenvalue weighted by Gasteiger charge is -2.13. The molecule has 7 nitrogen and oxygen atoms in total. The summed E-state index contributed by atoms with van der Waals surface area (Å²) in [4.78, 5) is 4.25. The molecule has 140 valence electrons. The van der Waals surface area contributed by atoms with E-state index in [2.05, 4.69) is 25.8 Å². The summed E-state index contributed by atoms with van der Waals surface area (Å²) in [5, 5.41) is 13.5. The normalized spacial score (nSPS) is 12.0. The van der Waals surface area contributed by atoms with Crippen LogP contribution in [0.2, 0.25) is 0 Å². The standard InChI is InChI=1S/C13H23F3N6O.HI/c1-10-20-21-11(22(10)2)9-19-12(17-6-4-8-23-3)18-7-5-13(14,15)16;/h4-9H2,1-3H3,(H2,17,18,19);1H. The van der Waals surface area contributed by atoms with Crippen molar-refractivity contribution in [2.75, 3.05) is 26.8 Å². The largest absolute Gasteiger partial charge is 0.390 e. The molecule has 0 fully saturated rings. The van der Waals surface area contributed by atoms with E-state index in [4.69, 9.17) is 4.74 Å². The average Bonchev–Trinajstić information content (AvgIpc) is 2.79. The molecule has 1 aromatic heterocycles. The van der Waals surface area contributed by atoms with Crippen molar-refractivity contribution in [1.82, 2.24) is 25.4 Å². The zero-order valence-corrected chi connectivity index (χ0v) is 16.3. The fourth-order valence-electron chi connectivity index (χ4n) is 1.66. The molecular formula is C13H24F3IN6O. The van der Waals surface area contributed by atoms with Crippen LogP contribution in [-0.4, -0.2) is 53.7 Å². The Morgan fingerprint density at radius 3 is 2.46 bits per heavy atom. The minimum absolute atomic E-state index is 0. The number of aliphatic imine (C=N–C) groups is 1. The summed E-state index contributed by atoms with van der Waals surface area (Å²) >= 11 is 0. The van der Waals surface area contributed by atoms with Crippen molar-refractivity contribution in [2.24, 2.45) is 12.0 Å². The maximum atomic E-state index is 12.2. The summed E-state index contributed by atoms with van der Waals surface area (Å²) in [6, 6.07) is 0. The monoisotopic (exact) mass is 464 g/mol. The smallest absolute Gasteiger partial charge is 0.385 e. The Labute approximate surface area is 156 Å². The number of guanidine groups is 1. The van der Waals surface area contributed by atoms with Gasteiger partial charge in [-0.1, -0.05) is 0 Å². The van der Waals surface area contributed by atoms with E-state index in [1.807, 2.05) is 14.0 Å². The van der Waals surface area contributed by atoms with Crippen LogP contribution in [0.1, 0.15) is 24.5 Å². The molecule has 0 aliphatic carbocycles. The van der Waals surface area contributed by atoms with Gasteiger partial charge < -0.3 is 19.9 Å². The molecular weight excluding hydrogens is 440 g/mol. The van der Waals surface area contributed by atoms with E-state index in [0.29, 0.717) is 24.9 Å². The maximum Gasteiger partial charge on any atom is 0.390 e. The molecule has 0 amide bonds. The highest BCUT2D eigenvalue weighted by molar-refractivity contribution is 14.0. The summed E-state index contributed by atoms with van der Waals surface area (Å²) in [6.07, 6.45) is -4.40. The van der Waals surface area contributed by atoms with Crippen molar-refractivity contribution in [2.45, 2.75) is 32.5 Å². The van der Waals surface area contributed by atoms with Crippen LogP contribution < -0.4 is 10.6 Å². The van der Waals surface area contributed by atoms with Gasteiger partial charge in [-0.3, -0.25) is 0 Å². The van der Waals surface area contributed by atoms with E-state index >= 15 is 0 Å². The number of methoxy groups -OCH3 is 1. The van der Waals surface area contributed by atoms with Gasteiger partial charge in [-0.15, -0.1) is 34.2 Å². The third kappa shape index (κ3) is 9.25. The Hall–Kier alpha value is -1.11. The third-order valence-corrected chi connectivity index (χ3v) is 3.08. The second kappa shape index (κ2) is 11.4. The van der Waals surface area contributed by atoms with E-state index in [-0.39, 0.29) is 37.1 Å². The number of hydrogen-bond acceptors (Lipinski definition) is 4. The van der Waals surface area contributed by atoms with Gasteiger partial charge in [0.25, 0.3) is 0 Å². The molecule has 0 saturated heterocycles. The van der Waals surface area contributed by atoms with Gasteiger partial charge >= 0.3 is 6.18 Å². The van der Waals surface area contributed by atoms with Crippen LogP contribution in [0.5, 0.6) is 0 Å². The van der Waals surface area contributed by atoms with Gasteiger partial charge in [-0.25, -0.2) is 4.99 Å². The highest BCUT2D eigenvalue weighted by Crippen LogP contribution is 2.18. The van der Waals surface area contributed by atoms with Crippen molar-refractivity contribution in [3.63, 3.8) is 0 Å². The first-order chi connectivity index (χ1) is 10.8. The lowest BCUT2D eigenvalue weighted by molar-refractivity contribution is -0.132. The minimum atomic E-state index is -4.20. The zero-order valence-electron chi connectivity index (χ0n) is 14.0. The van der Waals surface area contributed by atoms with E-state index in [0.717, 1.165) is 12.2 Å². The van der Waals surface area contributed by atoms with Gasteiger partial charge in [-0.2, -0.15) is 13.2 Å². The van der Waals surface area contributed by atoms with Crippen LogP contribution in [0.15, 0.2) is 4.99 Å². The average molecular weight is 464 g/mol. The van der Waals surface area contributed by atoms with Crippen LogP contribution in [-0.2, 0) is 18.3 Å². The van der Waals surface area contributed by atoms with E-state index in [1.165, 1.54) is 0 Å². The SMILES string of the molecule is COCCCNC(=NCc1nnc(C)n1C)NCCC(F)(F)F.I. The Balaban J connectivity index is 0.00000529. The van der Waals surface area contributed by atoms with Gasteiger partial charge in [0, 0.05) is 33.9 Å². The predicted octanol–water partition coefficient (Wildman–Crippen LogP) is 1.77. The first kappa shape index (κ1) is 22.9. The quantitative estimate of drug-likeness (QED) is 0.266. The fraction of sp³-hybridized carbons (Fsp3) is 0.769. The van der Waals surface area contributed by atoms with Crippen LogP contribution in [0, 0.1) is 6.92 Å². The number of nitrogens with one attached hydrogen (secondary N) is 2. The molecule has 0 aromatic carbocycles. The number of halogens is 4. The molecule has 0 unspecified atom stereocenters. The fourth-order valence-corrected chi connectivity index (χ4v) is 1.66. The molecule has 1 aromatic rings. The summed E-state index contributed by atoms with van der Waals surface area (Å²) < 4.78 is 43.4. The first-order valence-corrected chi connectivity index (χ1v) is 7.26. The molecule has 1 heterocycles. The lowest BCUT2D eigenvalue weighted by atomic mass is 10.4. The second-order valence-electron chi connectivity index (χ2n) is 4.95. The molecule has 11 heteroatoms. The van der Waals surface area contributed by atoms with Crippen molar-refractivity contribution in [3.05, 3.63) is 11.6 Å². The molecule has 0 spiro atoms. The maximum absolute atomic E-state index is 12.2. The zero-order chi connectivity index (χ0) is 17.3. The molecule has 0 bridgehead atoms. The molecule has 0 saturated carbocycles. The number of hydrogen-bond donors (Lipinski definition) is 2. The molecule has 2 N–H and O–H groups in total. The number of aryl methyl sites for hydroxylation is 1. The summed E-state index contributed by atoms with van der Waals surface area (Å²) in [5.74, 6) is 1.69. The molecule has 0 atom stereocenters. The van der Waals surface area contributed by atoms with Crippen LogP contribution >= 0.6 is 24.0 Å². The van der Waals surface area contributed by atoms with Crippen molar-refractivity contribution >= 4 is 29.9 Å². The minimum Gasteiger partial charge on any atom is -0.385 e. The number of alkyl halides is 3. The molecule has 0 aliphatic rings. The van der Waals surface area contributed by atoms with Crippen LogP contribution in [0.3, 0.4) is 0 Å². The topological polar surface area (TPSA) is 76.4 Å². The van der Waals surface area contributed by atoms with Gasteiger partial charge in [0.1, 0.15) is 12.4 Å². The molecule has 1 rings (SSSR count).